The van der Waals surface area contributed by atoms with Crippen molar-refractivity contribution in [1.29, 1.82) is 0 Å². The second-order valence-corrected chi connectivity index (χ2v) is 5.75. The molecule has 1 atom stereocenters. The van der Waals surface area contributed by atoms with Crippen molar-refractivity contribution in [2.75, 3.05) is 12.4 Å². The van der Waals surface area contributed by atoms with Crippen molar-refractivity contribution in [1.82, 2.24) is 14.7 Å². The third-order valence-electron chi connectivity index (χ3n) is 2.71. The lowest BCUT2D eigenvalue weighted by atomic mass is 10.3. The molecule has 19 heavy (non-hydrogen) atoms. The van der Waals surface area contributed by atoms with Crippen LogP contribution in [0.2, 0.25) is 0 Å². The van der Waals surface area contributed by atoms with Gasteiger partial charge in [-0.3, -0.25) is 0 Å². The molecule has 0 aliphatic rings. The molecule has 3 N–H and O–H groups in total. The van der Waals surface area contributed by atoms with Gasteiger partial charge in [0.05, 0.1) is 11.7 Å². The Kier molecular flexibility index (Phi) is 3.87. The van der Waals surface area contributed by atoms with Crippen LogP contribution in [-0.4, -0.2) is 25.4 Å². The van der Waals surface area contributed by atoms with Gasteiger partial charge < -0.3 is 10.3 Å². The summed E-state index contributed by atoms with van der Waals surface area (Å²) in [5.41, 5.74) is 0.557. The molecule has 6 nitrogen and oxygen atoms in total. The predicted octanol–water partition coefficient (Wildman–Crippen LogP) is 1.49. The maximum absolute atomic E-state index is 12.3. The summed E-state index contributed by atoms with van der Waals surface area (Å²) in [7, 11) is -1.92. The van der Waals surface area contributed by atoms with Gasteiger partial charge in [-0.1, -0.05) is 12.1 Å². The van der Waals surface area contributed by atoms with E-state index >= 15 is 0 Å². The highest BCUT2D eigenvalue weighted by Gasteiger charge is 2.21. The Bertz CT molecular complexity index is 638. The number of sulfonamides is 1. The van der Waals surface area contributed by atoms with Crippen molar-refractivity contribution in [2.45, 2.75) is 17.9 Å². The Hall–Kier alpha value is -1.86. The van der Waals surface area contributed by atoms with E-state index in [2.05, 4.69) is 20.0 Å². The summed E-state index contributed by atoms with van der Waals surface area (Å²) in [6, 6.07) is 6.31. The Balaban J connectivity index is 2.28. The predicted molar refractivity (Wildman–Crippen MR) is 73.3 cm³/mol. The van der Waals surface area contributed by atoms with Crippen LogP contribution in [-0.2, 0) is 10.0 Å². The van der Waals surface area contributed by atoms with Gasteiger partial charge in [0.2, 0.25) is 10.0 Å². The molecule has 1 aromatic heterocycles. The molecule has 0 spiro atoms. The Morgan fingerprint density at radius 3 is 2.68 bits per heavy atom. The van der Waals surface area contributed by atoms with Crippen molar-refractivity contribution < 1.29 is 8.42 Å². The van der Waals surface area contributed by atoms with Crippen molar-refractivity contribution in [2.24, 2.45) is 0 Å². The zero-order valence-electron chi connectivity index (χ0n) is 10.7. The maximum atomic E-state index is 12.3. The van der Waals surface area contributed by atoms with E-state index in [9.17, 15) is 8.42 Å². The van der Waals surface area contributed by atoms with Crippen LogP contribution in [0.4, 0.5) is 5.69 Å². The second-order valence-electron chi connectivity index (χ2n) is 4.06. The minimum absolute atomic E-state index is 0.218. The van der Waals surface area contributed by atoms with Gasteiger partial charge in [0, 0.05) is 19.4 Å². The van der Waals surface area contributed by atoms with E-state index in [-0.39, 0.29) is 4.90 Å². The zero-order valence-corrected chi connectivity index (χ0v) is 11.5. The molecule has 0 saturated carbocycles. The van der Waals surface area contributed by atoms with Crippen molar-refractivity contribution in [3.63, 3.8) is 0 Å². The molecule has 102 valence electrons. The Morgan fingerprint density at radius 2 is 2.05 bits per heavy atom. The molecule has 1 heterocycles. The number of anilines is 1. The van der Waals surface area contributed by atoms with Gasteiger partial charge in [0.15, 0.2) is 0 Å². The van der Waals surface area contributed by atoms with Crippen LogP contribution in [0, 0.1) is 0 Å². The minimum Gasteiger partial charge on any atom is -0.387 e. The lowest BCUT2D eigenvalue weighted by molar-refractivity contribution is 0.561. The number of benzene rings is 1. The molecule has 0 bridgehead atoms. The number of para-hydroxylation sites is 1. The van der Waals surface area contributed by atoms with Crippen LogP contribution in [0.5, 0.6) is 0 Å². The van der Waals surface area contributed by atoms with Crippen LogP contribution in [0.1, 0.15) is 18.8 Å². The van der Waals surface area contributed by atoms with Crippen LogP contribution in [0.3, 0.4) is 0 Å². The van der Waals surface area contributed by atoms with Crippen LogP contribution >= 0.6 is 0 Å². The van der Waals surface area contributed by atoms with E-state index in [0.717, 1.165) is 0 Å². The topological polar surface area (TPSA) is 86.9 Å². The number of aromatic amines is 1. The van der Waals surface area contributed by atoms with E-state index < -0.39 is 16.1 Å². The minimum atomic E-state index is -3.60. The number of hydrogen-bond acceptors (Lipinski definition) is 4. The first-order chi connectivity index (χ1) is 9.04. The first kappa shape index (κ1) is 13.6. The molecular weight excluding hydrogens is 264 g/mol. The molecule has 1 aromatic carbocycles. The molecule has 0 aliphatic heterocycles. The summed E-state index contributed by atoms with van der Waals surface area (Å²) in [4.78, 5) is 7.14. The van der Waals surface area contributed by atoms with E-state index in [4.69, 9.17) is 0 Å². The van der Waals surface area contributed by atoms with Gasteiger partial charge in [-0.25, -0.2) is 18.1 Å². The SMILES string of the molecule is CNc1ccccc1S(=O)(=O)NC(C)c1ncc[nH]1. The summed E-state index contributed by atoms with van der Waals surface area (Å²) in [5, 5.41) is 2.87. The number of rotatable bonds is 5. The lowest BCUT2D eigenvalue weighted by Gasteiger charge is -2.14. The summed E-state index contributed by atoms with van der Waals surface area (Å²) < 4.78 is 27.2. The molecule has 1 unspecified atom stereocenters. The molecule has 0 amide bonds. The summed E-state index contributed by atoms with van der Waals surface area (Å²) in [6.07, 6.45) is 3.24. The van der Waals surface area contributed by atoms with E-state index in [1.807, 2.05) is 0 Å². The molecule has 0 radical (unpaired) electrons. The normalized spacial score (nSPS) is 13.2. The quantitative estimate of drug-likeness (QED) is 0.774. The third-order valence-corrected chi connectivity index (χ3v) is 4.31. The molecule has 2 aromatic rings. The standard InChI is InChI=1S/C12H16N4O2S/c1-9(12-14-7-8-15-12)16-19(17,18)11-6-4-3-5-10(11)13-2/h3-9,13,16H,1-2H3,(H,14,15). The highest BCUT2D eigenvalue weighted by molar-refractivity contribution is 7.89. The van der Waals surface area contributed by atoms with Crippen molar-refractivity contribution in [3.05, 3.63) is 42.5 Å². The average Bonchev–Trinajstić information content (AvgIpc) is 2.92. The third kappa shape index (κ3) is 2.94. The largest absolute Gasteiger partial charge is 0.387 e. The van der Waals surface area contributed by atoms with Crippen LogP contribution in [0.25, 0.3) is 0 Å². The number of imidazole rings is 1. The van der Waals surface area contributed by atoms with E-state index in [0.29, 0.717) is 11.5 Å². The Labute approximate surface area is 112 Å². The van der Waals surface area contributed by atoms with E-state index in [1.54, 1.807) is 50.6 Å². The molecule has 2 rings (SSSR count). The molecule has 0 aliphatic carbocycles. The van der Waals surface area contributed by atoms with Gasteiger partial charge in [-0.2, -0.15) is 0 Å². The highest BCUT2D eigenvalue weighted by Crippen LogP contribution is 2.21. The van der Waals surface area contributed by atoms with Crippen LogP contribution in [0.15, 0.2) is 41.6 Å². The fourth-order valence-corrected chi connectivity index (χ4v) is 3.20. The molecule has 7 heteroatoms. The van der Waals surface area contributed by atoms with E-state index in [1.165, 1.54) is 0 Å². The number of H-pyrrole nitrogens is 1. The first-order valence-corrected chi connectivity index (χ1v) is 7.31. The number of hydrogen-bond donors (Lipinski definition) is 3. The summed E-state index contributed by atoms with van der Waals surface area (Å²) >= 11 is 0. The summed E-state index contributed by atoms with van der Waals surface area (Å²) in [6.45, 7) is 1.73. The monoisotopic (exact) mass is 280 g/mol. The smallest absolute Gasteiger partial charge is 0.243 e. The van der Waals surface area contributed by atoms with Crippen molar-refractivity contribution >= 4 is 15.7 Å². The summed E-state index contributed by atoms with van der Waals surface area (Å²) in [5.74, 6) is 0.575. The van der Waals surface area contributed by atoms with Crippen LogP contribution < -0.4 is 10.0 Å². The first-order valence-electron chi connectivity index (χ1n) is 5.83. The van der Waals surface area contributed by atoms with Gasteiger partial charge in [0.1, 0.15) is 10.7 Å². The lowest BCUT2D eigenvalue weighted by Crippen LogP contribution is -2.28. The molecular formula is C12H16N4O2S. The average molecular weight is 280 g/mol. The maximum Gasteiger partial charge on any atom is 0.243 e. The van der Waals surface area contributed by atoms with Gasteiger partial charge >= 0.3 is 0 Å². The molecule has 0 saturated heterocycles. The fourth-order valence-electron chi connectivity index (χ4n) is 1.77. The molecule has 0 fully saturated rings. The number of aromatic nitrogens is 2. The van der Waals surface area contributed by atoms with Gasteiger partial charge in [-0.15, -0.1) is 0 Å². The van der Waals surface area contributed by atoms with Gasteiger partial charge in [0.25, 0.3) is 0 Å². The fraction of sp³-hybridized carbons (Fsp3) is 0.250. The highest BCUT2D eigenvalue weighted by atomic mass is 32.2. The Morgan fingerprint density at radius 1 is 1.32 bits per heavy atom. The van der Waals surface area contributed by atoms with Gasteiger partial charge in [-0.05, 0) is 19.1 Å². The zero-order chi connectivity index (χ0) is 13.9. The van der Waals surface area contributed by atoms with Crippen molar-refractivity contribution in [3.8, 4) is 0 Å². The number of nitrogens with zero attached hydrogens (tertiary/aromatic N) is 1. The number of nitrogens with one attached hydrogen (secondary N) is 3. The second kappa shape index (κ2) is 5.41.